The zero-order chi connectivity index (χ0) is 19.2. The normalized spacial score (nSPS) is 14.9. The molecule has 0 aromatic heterocycles. The predicted molar refractivity (Wildman–Crippen MR) is 111 cm³/mol. The molecule has 1 aliphatic heterocycles. The lowest BCUT2D eigenvalue weighted by Gasteiger charge is -2.25. The minimum absolute atomic E-state index is 0.242. The highest BCUT2D eigenvalue weighted by molar-refractivity contribution is 7.99. The second-order valence-electron chi connectivity index (χ2n) is 5.85. The number of benzene rings is 2. The largest absolute Gasteiger partial charge is 0.464 e. The van der Waals surface area contributed by atoms with E-state index in [4.69, 9.17) is 4.74 Å². The number of aldehydes is 1. The maximum absolute atomic E-state index is 13.4. The summed E-state index contributed by atoms with van der Waals surface area (Å²) in [4.78, 5) is 14.8. The lowest BCUT2D eigenvalue weighted by atomic mass is 10.2. The number of halogens is 1. The lowest BCUT2D eigenvalue weighted by molar-refractivity contribution is -0.104. The Labute approximate surface area is 167 Å². The van der Waals surface area contributed by atoms with Crippen molar-refractivity contribution in [1.29, 1.82) is 0 Å². The number of anilines is 2. The van der Waals surface area contributed by atoms with Gasteiger partial charge in [0.1, 0.15) is 17.9 Å². The van der Waals surface area contributed by atoms with Crippen LogP contribution in [0.2, 0.25) is 0 Å². The molecule has 3 rings (SSSR count). The van der Waals surface area contributed by atoms with Crippen LogP contribution in [0.15, 0.2) is 58.5 Å². The van der Waals surface area contributed by atoms with Gasteiger partial charge in [-0.2, -0.15) is 0 Å². The fourth-order valence-electron chi connectivity index (χ4n) is 2.78. The molecule has 4 nitrogen and oxygen atoms in total. The van der Waals surface area contributed by atoms with E-state index in [9.17, 15) is 9.18 Å². The Balaban J connectivity index is 2.07. The van der Waals surface area contributed by atoms with Gasteiger partial charge in [-0.15, -0.1) is 11.8 Å². The van der Waals surface area contributed by atoms with Gasteiger partial charge in [-0.05, 0) is 61.1 Å². The number of rotatable bonds is 6. The first kappa shape index (κ1) is 19.8. The molecule has 142 valence electrons. The van der Waals surface area contributed by atoms with E-state index in [-0.39, 0.29) is 5.82 Å². The Morgan fingerprint density at radius 1 is 1.26 bits per heavy atom. The first-order valence-electron chi connectivity index (χ1n) is 8.62. The number of fused-ring (bicyclic) bond motifs is 1. The van der Waals surface area contributed by atoms with Crippen molar-refractivity contribution in [3.8, 4) is 5.75 Å². The number of hydrogen-bond acceptors (Lipinski definition) is 6. The van der Waals surface area contributed by atoms with Gasteiger partial charge in [-0.1, -0.05) is 6.92 Å². The molecular weight excluding hydrogens is 383 g/mol. The predicted octanol–water partition coefficient (Wildman–Crippen LogP) is 5.12. The standard InChI is InChI=1S/C20H21FN2O2S2/c1-3-26-20-13-17-19(14-18(20)25-12-4-11-24)27-22(2)9-10-23(17)16-7-5-15(21)6-8-16/h4-8,11-14H,3,9-10H2,1-2H3/b12-4+. The Bertz CT molecular complexity index is 827. The summed E-state index contributed by atoms with van der Waals surface area (Å²) < 4.78 is 21.2. The van der Waals surface area contributed by atoms with Gasteiger partial charge in [0.2, 0.25) is 0 Å². The molecule has 0 aliphatic carbocycles. The molecule has 27 heavy (non-hydrogen) atoms. The zero-order valence-corrected chi connectivity index (χ0v) is 16.9. The molecule has 0 fully saturated rings. The van der Waals surface area contributed by atoms with Gasteiger partial charge in [0.15, 0.2) is 0 Å². The third-order valence-corrected chi connectivity index (χ3v) is 5.94. The molecule has 0 amide bonds. The third kappa shape index (κ3) is 4.86. The zero-order valence-electron chi connectivity index (χ0n) is 15.2. The number of ether oxygens (including phenoxy) is 1. The summed E-state index contributed by atoms with van der Waals surface area (Å²) in [6.07, 6.45) is 3.42. The van der Waals surface area contributed by atoms with Crippen molar-refractivity contribution in [2.75, 3.05) is 30.8 Å². The fraction of sp³-hybridized carbons (Fsp3) is 0.250. The minimum Gasteiger partial charge on any atom is -0.464 e. The highest BCUT2D eigenvalue weighted by Gasteiger charge is 2.23. The van der Waals surface area contributed by atoms with Crippen LogP contribution in [0.3, 0.4) is 0 Å². The van der Waals surface area contributed by atoms with Crippen LogP contribution >= 0.6 is 23.7 Å². The summed E-state index contributed by atoms with van der Waals surface area (Å²) >= 11 is 3.33. The van der Waals surface area contributed by atoms with E-state index < -0.39 is 0 Å². The second-order valence-corrected chi connectivity index (χ2v) is 8.40. The summed E-state index contributed by atoms with van der Waals surface area (Å²) in [5, 5.41) is 0. The fourth-order valence-corrected chi connectivity index (χ4v) is 4.47. The van der Waals surface area contributed by atoms with E-state index in [2.05, 4.69) is 22.2 Å². The number of thioether (sulfide) groups is 1. The molecule has 2 aromatic rings. The van der Waals surface area contributed by atoms with Crippen molar-refractivity contribution in [2.45, 2.75) is 16.7 Å². The SMILES string of the molecule is CCSc1cc2c(cc1O/C=C/C=O)SN(C)CCN2c1ccc(F)cc1. The highest BCUT2D eigenvalue weighted by Crippen LogP contribution is 2.44. The molecule has 0 N–H and O–H groups in total. The van der Waals surface area contributed by atoms with Gasteiger partial charge in [-0.25, -0.2) is 8.70 Å². The molecule has 0 bridgehead atoms. The van der Waals surface area contributed by atoms with E-state index in [1.54, 1.807) is 35.8 Å². The summed E-state index contributed by atoms with van der Waals surface area (Å²) in [5.41, 5.74) is 2.02. The van der Waals surface area contributed by atoms with E-state index >= 15 is 0 Å². The number of carbonyl (C=O) groups is 1. The molecule has 0 radical (unpaired) electrons. The van der Waals surface area contributed by atoms with Gasteiger partial charge in [0.05, 0.1) is 21.7 Å². The number of nitrogens with zero attached hydrogens (tertiary/aromatic N) is 2. The van der Waals surface area contributed by atoms with Crippen LogP contribution in [0.5, 0.6) is 5.75 Å². The summed E-state index contributed by atoms with van der Waals surface area (Å²) in [5.74, 6) is 1.38. The summed E-state index contributed by atoms with van der Waals surface area (Å²) in [6.45, 7) is 3.74. The van der Waals surface area contributed by atoms with E-state index in [1.807, 2.05) is 13.1 Å². The van der Waals surface area contributed by atoms with Gasteiger partial charge in [0, 0.05) is 24.9 Å². The van der Waals surface area contributed by atoms with E-state index in [0.29, 0.717) is 6.29 Å². The van der Waals surface area contributed by atoms with Gasteiger partial charge in [-0.3, -0.25) is 4.79 Å². The van der Waals surface area contributed by atoms with Crippen molar-refractivity contribution in [2.24, 2.45) is 0 Å². The average molecular weight is 405 g/mol. The third-order valence-electron chi connectivity index (χ3n) is 4.00. The molecule has 0 atom stereocenters. The maximum atomic E-state index is 13.4. The Hall–Kier alpha value is -1.96. The van der Waals surface area contributed by atoms with Crippen LogP contribution in [-0.4, -0.2) is 36.5 Å². The van der Waals surface area contributed by atoms with Crippen LogP contribution in [0.4, 0.5) is 15.8 Å². The molecule has 0 saturated heterocycles. The Morgan fingerprint density at radius 2 is 2.04 bits per heavy atom. The summed E-state index contributed by atoms with van der Waals surface area (Å²) in [7, 11) is 2.05. The Kier molecular flexibility index (Phi) is 6.82. The van der Waals surface area contributed by atoms with Crippen molar-refractivity contribution < 1.29 is 13.9 Å². The van der Waals surface area contributed by atoms with Crippen LogP contribution in [0, 0.1) is 5.82 Å². The first-order chi connectivity index (χ1) is 13.1. The van der Waals surface area contributed by atoms with Gasteiger partial charge < -0.3 is 9.64 Å². The van der Waals surface area contributed by atoms with E-state index in [0.717, 1.165) is 45.8 Å². The maximum Gasteiger partial charge on any atom is 0.145 e. The molecule has 2 aromatic carbocycles. The molecular formula is C20H21FN2O2S2. The topological polar surface area (TPSA) is 32.8 Å². The summed E-state index contributed by atoms with van der Waals surface area (Å²) in [6, 6.07) is 10.7. The van der Waals surface area contributed by atoms with Gasteiger partial charge in [0.25, 0.3) is 0 Å². The molecule has 1 heterocycles. The monoisotopic (exact) mass is 404 g/mol. The van der Waals surface area contributed by atoms with Crippen molar-refractivity contribution in [3.63, 3.8) is 0 Å². The van der Waals surface area contributed by atoms with Gasteiger partial charge >= 0.3 is 0 Å². The quantitative estimate of drug-likeness (QED) is 0.218. The van der Waals surface area contributed by atoms with E-state index in [1.165, 1.54) is 24.5 Å². The molecule has 7 heteroatoms. The van der Waals surface area contributed by atoms with Crippen LogP contribution < -0.4 is 9.64 Å². The highest BCUT2D eigenvalue weighted by atomic mass is 32.2. The number of likely N-dealkylation sites (N-methyl/N-ethyl adjacent to an activating group) is 1. The van der Waals surface area contributed by atoms with Crippen molar-refractivity contribution in [3.05, 3.63) is 54.6 Å². The molecule has 0 unspecified atom stereocenters. The number of allylic oxidation sites excluding steroid dienone is 1. The Morgan fingerprint density at radius 3 is 2.74 bits per heavy atom. The van der Waals surface area contributed by atoms with Crippen LogP contribution in [0.25, 0.3) is 0 Å². The number of carbonyl (C=O) groups excluding carboxylic acids is 1. The number of hydrogen-bond donors (Lipinski definition) is 0. The minimum atomic E-state index is -0.242. The lowest BCUT2D eigenvalue weighted by Crippen LogP contribution is -2.24. The van der Waals surface area contributed by atoms with Crippen molar-refractivity contribution in [1.82, 2.24) is 4.31 Å². The van der Waals surface area contributed by atoms with Crippen molar-refractivity contribution >= 4 is 41.4 Å². The van der Waals surface area contributed by atoms with Crippen LogP contribution in [-0.2, 0) is 4.79 Å². The second kappa shape index (κ2) is 9.30. The molecule has 0 saturated carbocycles. The molecule has 1 aliphatic rings. The average Bonchev–Trinajstić information content (AvgIpc) is 2.81. The van der Waals surface area contributed by atoms with Crippen LogP contribution in [0.1, 0.15) is 6.92 Å². The molecule has 0 spiro atoms. The first-order valence-corrected chi connectivity index (χ1v) is 10.4. The smallest absolute Gasteiger partial charge is 0.145 e.